The molecule has 0 bridgehead atoms. The molecule has 1 aromatic rings. The number of aliphatic imine (C=N–C) groups is 1. The van der Waals surface area contributed by atoms with Gasteiger partial charge in [-0.15, -0.1) is 0 Å². The predicted octanol–water partition coefficient (Wildman–Crippen LogP) is 2.58. The minimum Gasteiger partial charge on any atom is -0.316 e. The highest BCUT2D eigenvalue weighted by atomic mass is 15.0. The Bertz CT molecular complexity index is 480. The van der Waals surface area contributed by atoms with Crippen molar-refractivity contribution >= 4 is 5.71 Å². The van der Waals surface area contributed by atoms with Crippen LogP contribution in [0, 0.1) is 31.6 Å². The first-order valence-electron chi connectivity index (χ1n) is 7.05. The van der Waals surface area contributed by atoms with E-state index in [4.69, 9.17) is 4.99 Å². The van der Waals surface area contributed by atoms with Crippen LogP contribution in [0.2, 0.25) is 0 Å². The average Bonchev–Trinajstić information content (AvgIpc) is 2.82. The van der Waals surface area contributed by atoms with Crippen molar-refractivity contribution in [1.82, 2.24) is 5.32 Å². The topological polar surface area (TPSA) is 24.4 Å². The van der Waals surface area contributed by atoms with Gasteiger partial charge in [-0.2, -0.15) is 0 Å². The summed E-state index contributed by atoms with van der Waals surface area (Å²) >= 11 is 0. The second-order valence-electron chi connectivity index (χ2n) is 5.67. The van der Waals surface area contributed by atoms with Gasteiger partial charge in [0.1, 0.15) is 0 Å². The van der Waals surface area contributed by atoms with Crippen LogP contribution in [0.5, 0.6) is 0 Å². The summed E-state index contributed by atoms with van der Waals surface area (Å²) in [6.45, 7) is 9.76. The maximum atomic E-state index is 4.80. The van der Waals surface area contributed by atoms with Crippen molar-refractivity contribution in [1.29, 1.82) is 0 Å². The predicted molar refractivity (Wildman–Crippen MR) is 76.3 cm³/mol. The van der Waals surface area contributed by atoms with Gasteiger partial charge >= 0.3 is 0 Å². The number of hydrogen-bond acceptors (Lipinski definition) is 2. The number of nitrogens with zero attached hydrogens (tertiary/aromatic N) is 1. The van der Waals surface area contributed by atoms with E-state index in [1.54, 1.807) is 0 Å². The van der Waals surface area contributed by atoms with Gasteiger partial charge in [0.25, 0.3) is 0 Å². The van der Waals surface area contributed by atoms with Crippen molar-refractivity contribution in [3.8, 4) is 0 Å². The minimum atomic E-state index is 0.716. The average molecular weight is 242 g/mol. The van der Waals surface area contributed by atoms with Crippen LogP contribution in [0.4, 0.5) is 0 Å². The molecule has 96 valence electrons. The smallest absolute Gasteiger partial charge is 0.0458 e. The van der Waals surface area contributed by atoms with Gasteiger partial charge < -0.3 is 5.32 Å². The molecule has 0 spiro atoms. The lowest BCUT2D eigenvalue weighted by molar-refractivity contribution is 0.684. The molecule has 1 aromatic carbocycles. The van der Waals surface area contributed by atoms with Gasteiger partial charge in [0, 0.05) is 18.2 Å². The fourth-order valence-corrected chi connectivity index (χ4v) is 3.28. The Morgan fingerprint density at radius 3 is 2.56 bits per heavy atom. The quantitative estimate of drug-likeness (QED) is 0.809. The monoisotopic (exact) mass is 242 g/mol. The summed E-state index contributed by atoms with van der Waals surface area (Å²) in [5, 5.41) is 3.47. The summed E-state index contributed by atoms with van der Waals surface area (Å²) in [6, 6.07) is 6.79. The second-order valence-corrected chi connectivity index (χ2v) is 5.67. The number of aryl methyl sites for hydroxylation is 2. The molecule has 2 heteroatoms. The molecule has 3 rings (SSSR count). The molecule has 2 fully saturated rings. The van der Waals surface area contributed by atoms with Crippen LogP contribution in [0.15, 0.2) is 23.2 Å². The number of fused-ring (bicyclic) bond motifs is 1. The third-order valence-electron chi connectivity index (χ3n) is 4.54. The number of rotatable bonds is 3. The molecule has 2 unspecified atom stereocenters. The second kappa shape index (κ2) is 4.51. The molecule has 2 aliphatic rings. The first kappa shape index (κ1) is 11.9. The Morgan fingerprint density at radius 2 is 1.94 bits per heavy atom. The Kier molecular flexibility index (Phi) is 2.98. The van der Waals surface area contributed by atoms with Crippen LogP contribution < -0.4 is 5.32 Å². The van der Waals surface area contributed by atoms with Gasteiger partial charge in [-0.25, -0.2) is 0 Å². The highest BCUT2D eigenvalue weighted by Gasteiger charge is 2.55. The molecule has 2 atom stereocenters. The standard InChI is InChI=1S/C16H22N2/c1-4-18-16(15-13-8-17-9-14(13)15)12-6-5-10(2)11(3)7-12/h5-7,13-15,17H,4,8-9H2,1-3H3/b18-16+. The van der Waals surface area contributed by atoms with Crippen LogP contribution >= 0.6 is 0 Å². The molecular formula is C16H22N2. The summed E-state index contributed by atoms with van der Waals surface area (Å²) in [4.78, 5) is 4.80. The number of benzene rings is 1. The van der Waals surface area contributed by atoms with E-state index >= 15 is 0 Å². The largest absolute Gasteiger partial charge is 0.316 e. The molecule has 0 amide bonds. The Labute approximate surface area is 110 Å². The zero-order valence-electron chi connectivity index (χ0n) is 11.5. The van der Waals surface area contributed by atoms with Crippen LogP contribution in [0.3, 0.4) is 0 Å². The number of nitrogens with one attached hydrogen (secondary N) is 1. The van der Waals surface area contributed by atoms with E-state index in [9.17, 15) is 0 Å². The van der Waals surface area contributed by atoms with Crippen molar-refractivity contribution in [3.05, 3.63) is 34.9 Å². The summed E-state index contributed by atoms with van der Waals surface area (Å²) in [6.07, 6.45) is 0. The Morgan fingerprint density at radius 1 is 1.22 bits per heavy atom. The third-order valence-corrected chi connectivity index (χ3v) is 4.54. The van der Waals surface area contributed by atoms with Crippen LogP contribution in [0.1, 0.15) is 23.6 Å². The molecule has 18 heavy (non-hydrogen) atoms. The molecule has 1 aliphatic heterocycles. The normalized spacial score (nSPS) is 30.4. The van der Waals surface area contributed by atoms with Crippen LogP contribution in [0.25, 0.3) is 0 Å². The van der Waals surface area contributed by atoms with E-state index in [2.05, 4.69) is 44.3 Å². The van der Waals surface area contributed by atoms with Crippen LogP contribution in [-0.4, -0.2) is 25.3 Å². The van der Waals surface area contributed by atoms with Gasteiger partial charge in [-0.1, -0.05) is 12.1 Å². The van der Waals surface area contributed by atoms with Crippen molar-refractivity contribution in [3.63, 3.8) is 0 Å². The van der Waals surface area contributed by atoms with Crippen molar-refractivity contribution in [2.24, 2.45) is 22.7 Å². The van der Waals surface area contributed by atoms with Crippen molar-refractivity contribution in [2.45, 2.75) is 20.8 Å². The summed E-state index contributed by atoms with van der Waals surface area (Å²) < 4.78 is 0. The first-order valence-corrected chi connectivity index (χ1v) is 7.05. The zero-order valence-corrected chi connectivity index (χ0v) is 11.5. The van der Waals surface area contributed by atoms with E-state index in [0.29, 0.717) is 5.92 Å². The molecule has 0 aromatic heterocycles. The van der Waals surface area contributed by atoms with E-state index in [1.807, 2.05) is 0 Å². The van der Waals surface area contributed by atoms with Gasteiger partial charge in [-0.3, -0.25) is 4.99 Å². The number of piperidine rings is 1. The van der Waals surface area contributed by atoms with Crippen molar-refractivity contribution in [2.75, 3.05) is 19.6 Å². The Hall–Kier alpha value is -1.15. The van der Waals surface area contributed by atoms with Gasteiger partial charge in [0.2, 0.25) is 0 Å². The van der Waals surface area contributed by atoms with Crippen LogP contribution in [-0.2, 0) is 0 Å². The summed E-state index contributed by atoms with van der Waals surface area (Å²) in [5.74, 6) is 2.40. The van der Waals surface area contributed by atoms with Gasteiger partial charge in [0.15, 0.2) is 0 Å². The highest BCUT2D eigenvalue weighted by molar-refractivity contribution is 6.04. The maximum Gasteiger partial charge on any atom is 0.0458 e. The fraction of sp³-hybridized carbons (Fsp3) is 0.562. The summed E-state index contributed by atoms with van der Waals surface area (Å²) in [5.41, 5.74) is 5.45. The van der Waals surface area contributed by atoms with E-state index in [0.717, 1.165) is 18.4 Å². The van der Waals surface area contributed by atoms with Gasteiger partial charge in [-0.05, 0) is 68.5 Å². The zero-order chi connectivity index (χ0) is 12.7. The Balaban J connectivity index is 1.90. The lowest BCUT2D eigenvalue weighted by Crippen LogP contribution is -2.20. The van der Waals surface area contributed by atoms with E-state index in [1.165, 1.54) is 35.5 Å². The van der Waals surface area contributed by atoms with E-state index in [-0.39, 0.29) is 0 Å². The molecule has 1 aliphatic carbocycles. The SMILES string of the molecule is CC/N=C(\c1ccc(C)c(C)c1)C1C2CNCC21. The molecule has 0 radical (unpaired) electrons. The van der Waals surface area contributed by atoms with E-state index < -0.39 is 0 Å². The number of hydrogen-bond donors (Lipinski definition) is 1. The molecule has 1 N–H and O–H groups in total. The van der Waals surface area contributed by atoms with Gasteiger partial charge in [0.05, 0.1) is 0 Å². The molecule has 2 nitrogen and oxygen atoms in total. The first-order chi connectivity index (χ1) is 8.72. The molecule has 1 saturated carbocycles. The maximum absolute atomic E-state index is 4.80. The van der Waals surface area contributed by atoms with Crippen molar-refractivity contribution < 1.29 is 0 Å². The minimum absolute atomic E-state index is 0.716. The molecule has 1 heterocycles. The lowest BCUT2D eigenvalue weighted by atomic mass is 9.99. The fourth-order valence-electron chi connectivity index (χ4n) is 3.28. The highest BCUT2D eigenvalue weighted by Crippen LogP contribution is 2.50. The molecular weight excluding hydrogens is 220 g/mol. The third kappa shape index (κ3) is 1.89. The summed E-state index contributed by atoms with van der Waals surface area (Å²) in [7, 11) is 0. The molecule has 1 saturated heterocycles. The lowest BCUT2D eigenvalue weighted by Gasteiger charge is -2.11.